The van der Waals surface area contributed by atoms with Crippen molar-refractivity contribution in [1.82, 2.24) is 0 Å². The molecule has 0 aromatic carbocycles. The molecule has 0 aromatic rings. The van der Waals surface area contributed by atoms with Crippen molar-refractivity contribution in [1.29, 1.82) is 0 Å². The molecule has 40 heavy (non-hydrogen) atoms. The Morgan fingerprint density at radius 1 is 0.850 bits per heavy atom. The highest BCUT2D eigenvalue weighted by Crippen LogP contribution is 2.76. The van der Waals surface area contributed by atoms with Crippen LogP contribution in [0.1, 0.15) is 112 Å². The van der Waals surface area contributed by atoms with Crippen molar-refractivity contribution in [3.8, 4) is 0 Å². The second-order valence-corrected chi connectivity index (χ2v) is 17.1. The molecule has 6 aliphatic carbocycles. The average Bonchev–Trinajstić information content (AvgIpc) is 3.51. The monoisotopic (exact) mass is 550 g/mol. The predicted octanol–water partition coefficient (Wildman–Crippen LogP) is 8.00. The van der Waals surface area contributed by atoms with E-state index in [9.17, 15) is 15.0 Å². The Kier molecular flexibility index (Phi) is 7.14. The summed E-state index contributed by atoms with van der Waals surface area (Å²) in [6.45, 7) is 19.6. The normalized spacial score (nSPS) is 52.8. The van der Waals surface area contributed by atoms with Crippen LogP contribution < -0.4 is 0 Å². The maximum absolute atomic E-state index is 13.9. The van der Waals surface area contributed by atoms with Crippen LogP contribution in [-0.2, 0) is 4.79 Å². The maximum atomic E-state index is 13.9. The molecule has 2 N–H and O–H groups in total. The van der Waals surface area contributed by atoms with E-state index >= 15 is 0 Å². The summed E-state index contributed by atoms with van der Waals surface area (Å²) in [6, 6.07) is 0. The number of Topliss-reactive ketones (excluding diaryl/α,β-unsaturated/α-hetero) is 1. The van der Waals surface area contributed by atoms with E-state index < -0.39 is 0 Å². The Hall–Kier alpha value is -0.930. The van der Waals surface area contributed by atoms with E-state index in [1.807, 2.05) is 0 Å². The molecule has 0 aliphatic heterocycles. The molecule has 5 fully saturated rings. The van der Waals surface area contributed by atoms with Crippen LogP contribution in [0.3, 0.4) is 0 Å². The molecule has 3 unspecified atom stereocenters. The Morgan fingerprint density at radius 2 is 1.55 bits per heavy atom. The van der Waals surface area contributed by atoms with Gasteiger partial charge in [0.25, 0.3) is 0 Å². The molecule has 0 saturated heterocycles. The fourth-order valence-electron chi connectivity index (χ4n) is 13.1. The molecule has 13 atom stereocenters. The fourth-order valence-corrected chi connectivity index (χ4v) is 13.1. The van der Waals surface area contributed by atoms with Gasteiger partial charge in [-0.15, -0.1) is 0 Å². The number of hydrogen-bond acceptors (Lipinski definition) is 3. The predicted molar refractivity (Wildman–Crippen MR) is 162 cm³/mol. The number of fused-ring (bicyclic) bond motifs is 7. The molecule has 6 rings (SSSR count). The molecule has 0 bridgehead atoms. The lowest BCUT2D eigenvalue weighted by atomic mass is 9.33. The molecule has 0 amide bonds. The largest absolute Gasteiger partial charge is 0.396 e. The highest BCUT2D eigenvalue weighted by molar-refractivity contribution is 5.82. The van der Waals surface area contributed by atoms with E-state index in [4.69, 9.17) is 0 Å². The summed E-state index contributed by atoms with van der Waals surface area (Å²) in [4.78, 5) is 13.9. The van der Waals surface area contributed by atoms with Crippen molar-refractivity contribution in [3.05, 3.63) is 24.3 Å². The van der Waals surface area contributed by atoms with Crippen molar-refractivity contribution in [3.63, 3.8) is 0 Å². The second-order valence-electron chi connectivity index (χ2n) is 17.1. The van der Waals surface area contributed by atoms with Crippen LogP contribution in [0.2, 0.25) is 0 Å². The zero-order chi connectivity index (χ0) is 28.8. The molecule has 0 aromatic heterocycles. The quantitative estimate of drug-likeness (QED) is 0.341. The second kappa shape index (κ2) is 9.80. The smallest absolute Gasteiger partial charge is 0.136 e. The highest BCUT2D eigenvalue weighted by atomic mass is 16.3. The minimum absolute atomic E-state index is 0.000469. The van der Waals surface area contributed by atoms with Gasteiger partial charge < -0.3 is 10.2 Å². The molecular weight excluding hydrogens is 492 g/mol. The minimum atomic E-state index is -0.171. The van der Waals surface area contributed by atoms with Crippen LogP contribution in [0.25, 0.3) is 0 Å². The van der Waals surface area contributed by atoms with Crippen molar-refractivity contribution < 1.29 is 15.0 Å². The molecule has 3 nitrogen and oxygen atoms in total. The lowest BCUT2D eigenvalue weighted by Crippen LogP contribution is -2.66. The Morgan fingerprint density at radius 3 is 2.23 bits per heavy atom. The lowest BCUT2D eigenvalue weighted by Gasteiger charge is -2.72. The molecule has 0 radical (unpaired) electrons. The van der Waals surface area contributed by atoms with Crippen LogP contribution >= 0.6 is 0 Å². The van der Waals surface area contributed by atoms with Crippen molar-refractivity contribution in [2.24, 2.45) is 74.9 Å². The molecule has 0 heterocycles. The summed E-state index contributed by atoms with van der Waals surface area (Å²) in [5, 5.41) is 20.6. The first-order valence-electron chi connectivity index (χ1n) is 16.9. The third-order valence-electron chi connectivity index (χ3n) is 15.4. The van der Waals surface area contributed by atoms with Crippen molar-refractivity contribution >= 4 is 5.78 Å². The maximum Gasteiger partial charge on any atom is 0.136 e. The molecule has 3 heteroatoms. The van der Waals surface area contributed by atoms with Crippen molar-refractivity contribution in [2.45, 2.75) is 118 Å². The Balaban J connectivity index is 1.27. The Bertz CT molecular complexity index is 1060. The number of carbonyl (C=O) groups is 1. The van der Waals surface area contributed by atoms with E-state index in [1.165, 1.54) is 50.5 Å². The summed E-state index contributed by atoms with van der Waals surface area (Å²) in [5.41, 5.74) is 2.24. The zero-order valence-electron chi connectivity index (χ0n) is 26.4. The fraction of sp³-hybridized carbons (Fsp3) is 0.865. The van der Waals surface area contributed by atoms with E-state index in [0.717, 1.165) is 25.2 Å². The van der Waals surface area contributed by atoms with Gasteiger partial charge in [0.15, 0.2) is 0 Å². The van der Waals surface area contributed by atoms with Gasteiger partial charge in [-0.25, -0.2) is 0 Å². The first kappa shape index (κ1) is 29.2. The van der Waals surface area contributed by atoms with Crippen LogP contribution in [0.15, 0.2) is 24.3 Å². The number of carbonyl (C=O) groups excluding carboxylic acids is 1. The summed E-state index contributed by atoms with van der Waals surface area (Å²) in [7, 11) is 0. The summed E-state index contributed by atoms with van der Waals surface area (Å²) in [6.07, 6.45) is 16.5. The van der Waals surface area contributed by atoms with Crippen LogP contribution in [-0.4, -0.2) is 28.7 Å². The van der Waals surface area contributed by atoms with E-state index in [1.54, 1.807) is 0 Å². The number of hydrogen-bond donors (Lipinski definition) is 2. The summed E-state index contributed by atoms with van der Waals surface area (Å²) >= 11 is 0. The van der Waals surface area contributed by atoms with E-state index in [0.29, 0.717) is 64.0 Å². The van der Waals surface area contributed by atoms with Crippen LogP contribution in [0.4, 0.5) is 0 Å². The SMILES string of the molecule is C=C(C)[C@@H]1C[C@@H](C(=O)CC2C=CC(CO)C2)C2CC[C@]3(C)[C@H](CC[C@@H]4[C@@]5(C)CC[C@H](O)C(C)(C)[C@@H]5CC[C@]43C)[C@H]21. The van der Waals surface area contributed by atoms with Gasteiger partial charge in [-0.1, -0.05) is 58.9 Å². The standard InChI is InChI=1S/C37H58O3/c1-22(2)26-20-27(29(39)19-23-8-9-24(18-23)21-38)25-12-16-36(6)28(33(25)26)10-11-31-35(5)15-14-32(40)34(3,4)30(35)13-17-37(31,36)7/h8-9,23-28,30-33,38,40H,1,10-21H2,2-7H3/t23?,24?,25?,26-,27+,28+,30-,31+,32-,33+,35-,36+,37+/m0/s1. The van der Waals surface area contributed by atoms with Gasteiger partial charge >= 0.3 is 0 Å². The van der Waals surface area contributed by atoms with E-state index in [2.05, 4.69) is 60.3 Å². The van der Waals surface area contributed by atoms with Gasteiger partial charge in [0.05, 0.1) is 6.10 Å². The third kappa shape index (κ3) is 3.98. The number of aliphatic hydroxyl groups is 2. The van der Waals surface area contributed by atoms with Gasteiger partial charge in [-0.2, -0.15) is 0 Å². The number of allylic oxidation sites excluding steroid dienone is 2. The molecule has 0 spiro atoms. The van der Waals surface area contributed by atoms with E-state index in [-0.39, 0.29) is 30.0 Å². The van der Waals surface area contributed by atoms with Gasteiger partial charge in [0, 0.05) is 24.9 Å². The minimum Gasteiger partial charge on any atom is -0.396 e. The number of rotatable bonds is 5. The first-order valence-corrected chi connectivity index (χ1v) is 16.9. The molecular formula is C37H58O3. The van der Waals surface area contributed by atoms with Gasteiger partial charge in [0.1, 0.15) is 5.78 Å². The van der Waals surface area contributed by atoms with Gasteiger partial charge in [-0.05, 0) is 134 Å². The van der Waals surface area contributed by atoms with Gasteiger partial charge in [-0.3, -0.25) is 4.79 Å². The molecule has 6 aliphatic rings. The van der Waals surface area contributed by atoms with Crippen LogP contribution in [0.5, 0.6) is 0 Å². The highest BCUT2D eigenvalue weighted by Gasteiger charge is 2.69. The van der Waals surface area contributed by atoms with Crippen LogP contribution in [0, 0.1) is 74.9 Å². The zero-order valence-corrected chi connectivity index (χ0v) is 26.4. The lowest BCUT2D eigenvalue weighted by molar-refractivity contribution is -0.241. The molecule has 224 valence electrons. The Labute approximate surface area is 244 Å². The third-order valence-corrected chi connectivity index (χ3v) is 15.4. The van der Waals surface area contributed by atoms with Gasteiger partial charge in [0.2, 0.25) is 0 Å². The van der Waals surface area contributed by atoms with Crippen molar-refractivity contribution in [2.75, 3.05) is 6.61 Å². The topological polar surface area (TPSA) is 57.5 Å². The number of ketones is 1. The number of aliphatic hydroxyl groups excluding tert-OH is 2. The summed E-state index contributed by atoms with van der Waals surface area (Å²) < 4.78 is 0. The average molecular weight is 551 g/mol. The first-order chi connectivity index (χ1) is 18.8. The molecule has 5 saturated carbocycles. The summed E-state index contributed by atoms with van der Waals surface area (Å²) in [5.74, 6) is 4.82.